The second-order valence-corrected chi connectivity index (χ2v) is 5.69. The molecule has 0 saturated heterocycles. The van der Waals surface area contributed by atoms with Crippen molar-refractivity contribution in [1.82, 2.24) is 4.98 Å². The second kappa shape index (κ2) is 6.72. The van der Waals surface area contributed by atoms with Gasteiger partial charge in [-0.05, 0) is 41.1 Å². The maximum absolute atomic E-state index is 10.1. The van der Waals surface area contributed by atoms with Crippen LogP contribution in [0.3, 0.4) is 0 Å². The molecule has 0 bridgehead atoms. The third kappa shape index (κ3) is 3.02. The van der Waals surface area contributed by atoms with Crippen molar-refractivity contribution in [2.24, 2.45) is 4.99 Å². The minimum absolute atomic E-state index is 0.259. The molecule has 0 fully saturated rings. The van der Waals surface area contributed by atoms with E-state index in [4.69, 9.17) is 9.15 Å². The summed E-state index contributed by atoms with van der Waals surface area (Å²) in [5, 5.41) is 12.2. The summed E-state index contributed by atoms with van der Waals surface area (Å²) < 4.78 is 10.6. The molecule has 0 aliphatic heterocycles. The Bertz CT molecular complexity index is 1080. The SMILES string of the molecule is COc1ccc(N=Cc2nc(-c3cccc4ccccc34)oc2O)cc1. The summed E-state index contributed by atoms with van der Waals surface area (Å²) in [6.45, 7) is 0. The number of aliphatic imine (C=N–C) groups is 1. The van der Waals surface area contributed by atoms with Crippen molar-refractivity contribution in [3.63, 3.8) is 0 Å². The fraction of sp³-hybridized carbons (Fsp3) is 0.0476. The van der Waals surface area contributed by atoms with Crippen molar-refractivity contribution in [2.45, 2.75) is 0 Å². The molecule has 1 aromatic heterocycles. The Balaban J connectivity index is 1.67. The van der Waals surface area contributed by atoms with Crippen molar-refractivity contribution < 1.29 is 14.3 Å². The van der Waals surface area contributed by atoms with Crippen LogP contribution in [0.15, 0.2) is 76.1 Å². The lowest BCUT2D eigenvalue weighted by atomic mass is 10.0. The number of hydrogen-bond acceptors (Lipinski definition) is 5. The van der Waals surface area contributed by atoms with Gasteiger partial charge in [-0.15, -0.1) is 0 Å². The van der Waals surface area contributed by atoms with Crippen molar-refractivity contribution in [2.75, 3.05) is 7.11 Å². The lowest BCUT2D eigenvalue weighted by Crippen LogP contribution is -1.84. The molecule has 1 N–H and O–H groups in total. The number of aromatic hydroxyl groups is 1. The van der Waals surface area contributed by atoms with Crippen LogP contribution in [0.4, 0.5) is 5.69 Å². The largest absolute Gasteiger partial charge is 0.497 e. The summed E-state index contributed by atoms with van der Waals surface area (Å²) in [5.41, 5.74) is 1.83. The van der Waals surface area contributed by atoms with E-state index in [9.17, 15) is 5.11 Å². The van der Waals surface area contributed by atoms with E-state index in [-0.39, 0.29) is 11.6 Å². The molecule has 0 radical (unpaired) electrons. The van der Waals surface area contributed by atoms with E-state index < -0.39 is 0 Å². The van der Waals surface area contributed by atoms with E-state index in [1.807, 2.05) is 66.7 Å². The molecule has 26 heavy (non-hydrogen) atoms. The van der Waals surface area contributed by atoms with Crippen LogP contribution in [-0.4, -0.2) is 23.4 Å². The molecule has 0 saturated carbocycles. The molecule has 0 aliphatic rings. The number of rotatable bonds is 4. The molecule has 0 atom stereocenters. The predicted molar refractivity (Wildman–Crippen MR) is 101 cm³/mol. The first-order valence-electron chi connectivity index (χ1n) is 8.10. The van der Waals surface area contributed by atoms with E-state index in [0.29, 0.717) is 5.89 Å². The maximum Gasteiger partial charge on any atom is 0.312 e. The highest BCUT2D eigenvalue weighted by atomic mass is 16.5. The fourth-order valence-corrected chi connectivity index (χ4v) is 2.74. The zero-order valence-electron chi connectivity index (χ0n) is 14.1. The average Bonchev–Trinajstić information content (AvgIpc) is 3.06. The highest BCUT2D eigenvalue weighted by molar-refractivity contribution is 5.95. The number of oxazole rings is 1. The fourth-order valence-electron chi connectivity index (χ4n) is 2.74. The number of aromatic nitrogens is 1. The lowest BCUT2D eigenvalue weighted by molar-refractivity contribution is 0.337. The van der Waals surface area contributed by atoms with Crippen molar-refractivity contribution >= 4 is 22.7 Å². The molecular formula is C21H16N2O3. The van der Waals surface area contributed by atoms with Crippen LogP contribution in [0.1, 0.15) is 5.69 Å². The number of hydrogen-bond donors (Lipinski definition) is 1. The number of methoxy groups -OCH3 is 1. The Labute approximate surface area is 150 Å². The van der Waals surface area contributed by atoms with E-state index in [2.05, 4.69) is 9.98 Å². The van der Waals surface area contributed by atoms with Gasteiger partial charge in [0.05, 0.1) is 19.0 Å². The summed E-state index contributed by atoms with van der Waals surface area (Å²) in [7, 11) is 1.61. The Kier molecular flexibility index (Phi) is 4.11. The monoisotopic (exact) mass is 344 g/mol. The van der Waals surface area contributed by atoms with Gasteiger partial charge in [0.15, 0.2) is 5.69 Å². The van der Waals surface area contributed by atoms with Crippen LogP contribution in [0, 0.1) is 0 Å². The first-order valence-corrected chi connectivity index (χ1v) is 8.10. The lowest BCUT2D eigenvalue weighted by Gasteiger charge is -2.01. The topological polar surface area (TPSA) is 67.9 Å². The molecule has 4 aromatic rings. The number of benzene rings is 3. The number of nitrogens with zero attached hydrogens (tertiary/aromatic N) is 2. The van der Waals surface area contributed by atoms with Crippen LogP contribution < -0.4 is 4.74 Å². The average molecular weight is 344 g/mol. The predicted octanol–water partition coefficient (Wildman–Crippen LogP) is 4.96. The summed E-state index contributed by atoms with van der Waals surface area (Å²) in [4.78, 5) is 8.71. The molecule has 4 rings (SSSR count). The van der Waals surface area contributed by atoms with Gasteiger partial charge < -0.3 is 14.3 Å². The van der Waals surface area contributed by atoms with Gasteiger partial charge in [-0.3, -0.25) is 4.99 Å². The minimum Gasteiger partial charge on any atom is -0.497 e. The van der Waals surface area contributed by atoms with E-state index in [1.165, 1.54) is 6.21 Å². The molecule has 5 heteroatoms. The van der Waals surface area contributed by atoms with Gasteiger partial charge in [-0.1, -0.05) is 36.4 Å². The Morgan fingerprint density at radius 1 is 1.00 bits per heavy atom. The zero-order chi connectivity index (χ0) is 17.9. The molecule has 1 heterocycles. The van der Waals surface area contributed by atoms with Gasteiger partial charge in [-0.2, -0.15) is 0 Å². The van der Waals surface area contributed by atoms with Crippen LogP contribution >= 0.6 is 0 Å². The summed E-state index contributed by atoms with van der Waals surface area (Å²) in [6.07, 6.45) is 1.48. The van der Waals surface area contributed by atoms with E-state index in [1.54, 1.807) is 7.11 Å². The summed E-state index contributed by atoms with van der Waals surface area (Å²) >= 11 is 0. The van der Waals surface area contributed by atoms with Gasteiger partial charge in [0.2, 0.25) is 5.89 Å². The highest BCUT2D eigenvalue weighted by Crippen LogP contribution is 2.31. The van der Waals surface area contributed by atoms with Crippen molar-refractivity contribution in [3.05, 3.63) is 72.4 Å². The minimum atomic E-state index is -0.259. The summed E-state index contributed by atoms with van der Waals surface area (Å²) in [5.74, 6) is 0.854. The van der Waals surface area contributed by atoms with Crippen LogP contribution in [0.25, 0.3) is 22.2 Å². The van der Waals surface area contributed by atoms with Gasteiger partial charge >= 0.3 is 5.95 Å². The molecule has 0 amide bonds. The third-order valence-electron chi connectivity index (χ3n) is 4.06. The number of fused-ring (bicyclic) bond motifs is 1. The van der Waals surface area contributed by atoms with Gasteiger partial charge in [0, 0.05) is 5.56 Å². The van der Waals surface area contributed by atoms with Gasteiger partial charge in [0.1, 0.15) is 5.75 Å². The highest BCUT2D eigenvalue weighted by Gasteiger charge is 2.14. The molecular weight excluding hydrogens is 328 g/mol. The molecule has 0 aliphatic carbocycles. The quantitative estimate of drug-likeness (QED) is 0.531. The Hall–Kier alpha value is -3.60. The Morgan fingerprint density at radius 2 is 1.77 bits per heavy atom. The zero-order valence-corrected chi connectivity index (χ0v) is 14.1. The molecule has 0 unspecified atom stereocenters. The van der Waals surface area contributed by atoms with Crippen LogP contribution in [0.2, 0.25) is 0 Å². The first-order chi connectivity index (χ1) is 12.7. The van der Waals surface area contributed by atoms with Crippen molar-refractivity contribution in [3.8, 4) is 23.1 Å². The van der Waals surface area contributed by atoms with E-state index >= 15 is 0 Å². The summed E-state index contributed by atoms with van der Waals surface area (Å²) in [6, 6.07) is 21.1. The van der Waals surface area contributed by atoms with Crippen molar-refractivity contribution in [1.29, 1.82) is 0 Å². The second-order valence-electron chi connectivity index (χ2n) is 5.69. The molecule has 3 aromatic carbocycles. The maximum atomic E-state index is 10.1. The standard InChI is InChI=1S/C21H16N2O3/c1-25-16-11-9-15(10-12-16)22-13-19-21(24)26-20(23-19)18-8-4-6-14-5-2-3-7-17(14)18/h2-13,24H,1H3. The van der Waals surface area contributed by atoms with Crippen LogP contribution in [0.5, 0.6) is 11.7 Å². The van der Waals surface area contributed by atoms with E-state index in [0.717, 1.165) is 27.8 Å². The van der Waals surface area contributed by atoms with Gasteiger partial charge in [0.25, 0.3) is 0 Å². The van der Waals surface area contributed by atoms with Crippen LogP contribution in [-0.2, 0) is 0 Å². The molecule has 5 nitrogen and oxygen atoms in total. The normalized spacial score (nSPS) is 11.3. The molecule has 128 valence electrons. The van der Waals surface area contributed by atoms with Gasteiger partial charge in [-0.25, -0.2) is 4.98 Å². The Morgan fingerprint density at radius 3 is 2.58 bits per heavy atom. The number of ether oxygens (including phenoxy) is 1. The first kappa shape index (κ1) is 15.9. The molecule has 0 spiro atoms. The smallest absolute Gasteiger partial charge is 0.312 e. The third-order valence-corrected chi connectivity index (χ3v) is 4.06.